The van der Waals surface area contributed by atoms with E-state index in [-0.39, 0.29) is 64.3 Å². The van der Waals surface area contributed by atoms with Gasteiger partial charge in [-0.15, -0.1) is 0 Å². The predicted molar refractivity (Wildman–Crippen MR) is 224 cm³/mol. The van der Waals surface area contributed by atoms with E-state index in [4.69, 9.17) is 29.1 Å². The molecule has 0 amide bonds. The average molecular weight is 931 g/mol. The molecule has 2 fully saturated rings. The first-order valence-electron chi connectivity index (χ1n) is 21.3. The molecule has 4 aliphatic heterocycles. The molecule has 12 atom stereocenters. The number of carbonyl (C=O) groups is 2. The molecule has 2 saturated heterocycles. The number of benzene rings is 2. The summed E-state index contributed by atoms with van der Waals surface area (Å²) in [4.78, 5) is 40.0. The molecular weight excluding hydrogens is 876 g/mol. The number of carbonyl (C=O) groups excluding carboxylic acids is 1. The Bertz CT molecular complexity index is 2490. The second-order valence-corrected chi connectivity index (χ2v) is 17.4. The number of dihydropyridines is 1. The fraction of sp³-hybridized carbons (Fsp3) is 0.523. The third-order valence-electron chi connectivity index (χ3n) is 12.7. The fourth-order valence-corrected chi connectivity index (χ4v) is 9.07. The normalized spacial score (nSPS) is 31.9. The number of aliphatic hydroxyl groups excluding tert-OH is 6. The first kappa shape index (κ1) is 48.6. The third kappa shape index (κ3) is 8.47. The van der Waals surface area contributed by atoms with Gasteiger partial charge in [0.2, 0.25) is 24.0 Å². The van der Waals surface area contributed by atoms with Crippen LogP contribution in [0.4, 0.5) is 0 Å². The maximum absolute atomic E-state index is 14.1. The topological polar surface area (TPSA) is 382 Å². The Kier molecular flexibility index (Phi) is 13.5. The van der Waals surface area contributed by atoms with Crippen molar-refractivity contribution < 1.29 is 94.2 Å². The van der Waals surface area contributed by atoms with E-state index in [2.05, 4.69) is 5.32 Å². The van der Waals surface area contributed by atoms with Crippen molar-refractivity contribution in [3.8, 4) is 34.3 Å². The van der Waals surface area contributed by atoms with Crippen molar-refractivity contribution in [2.75, 3.05) is 6.61 Å². The zero-order valence-corrected chi connectivity index (χ0v) is 35.8. The van der Waals surface area contributed by atoms with E-state index in [1.165, 1.54) is 12.1 Å². The van der Waals surface area contributed by atoms with Gasteiger partial charge in [-0.25, -0.2) is 9.59 Å². The number of allylic oxidation sites excluding steroid dienone is 2. The summed E-state index contributed by atoms with van der Waals surface area (Å²) < 4.78 is 29.3. The van der Waals surface area contributed by atoms with Gasteiger partial charge in [-0.1, -0.05) is 33.3 Å². The largest absolute Gasteiger partial charge is 0.507 e. The zero-order valence-electron chi connectivity index (χ0n) is 35.8. The highest BCUT2D eigenvalue weighted by atomic mass is 16.8. The molecule has 22 nitrogen and oxygen atoms in total. The van der Waals surface area contributed by atoms with Crippen molar-refractivity contribution in [2.24, 2.45) is 17.6 Å². The number of phenolic OH excluding ortho intramolecular Hbond substituents is 3. The lowest BCUT2D eigenvalue weighted by atomic mass is 9.74. The number of aliphatic carboxylic acids is 1. The molecule has 2 aromatic carbocycles. The highest BCUT2D eigenvalue weighted by molar-refractivity contribution is 5.89. The summed E-state index contributed by atoms with van der Waals surface area (Å²) in [6.45, 7) is 5.26. The minimum absolute atomic E-state index is 0.0135. The highest BCUT2D eigenvalue weighted by Gasteiger charge is 2.64. The van der Waals surface area contributed by atoms with E-state index in [0.29, 0.717) is 18.4 Å². The first-order valence-corrected chi connectivity index (χ1v) is 21.3. The molecule has 0 bridgehead atoms. The van der Waals surface area contributed by atoms with E-state index < -0.39 is 120 Å². The number of hydrogen-bond donors (Lipinski definition) is 14. The molecule has 3 aromatic rings. The summed E-state index contributed by atoms with van der Waals surface area (Å²) in [7, 11) is 0. The maximum atomic E-state index is 14.1. The summed E-state index contributed by atoms with van der Waals surface area (Å²) in [5.41, 5.74) is 6.67. The van der Waals surface area contributed by atoms with Crippen molar-refractivity contribution in [1.29, 1.82) is 0 Å². The number of fused-ring (bicyclic) bond motifs is 2. The molecule has 1 spiro atoms. The van der Waals surface area contributed by atoms with Gasteiger partial charge >= 0.3 is 11.9 Å². The van der Waals surface area contributed by atoms with E-state index in [1.54, 1.807) is 12.3 Å². The molecule has 66 heavy (non-hydrogen) atoms. The van der Waals surface area contributed by atoms with E-state index in [0.717, 1.165) is 17.7 Å². The van der Waals surface area contributed by atoms with Gasteiger partial charge in [-0.2, -0.15) is 0 Å². The zero-order chi connectivity index (χ0) is 48.3. The molecule has 0 radical (unpaired) electrons. The Labute approximate surface area is 375 Å². The van der Waals surface area contributed by atoms with E-state index in [9.17, 15) is 75.7 Å². The number of hydrogen-bond acceptors (Lipinski definition) is 21. The molecule has 1 aromatic heterocycles. The lowest BCUT2D eigenvalue weighted by Crippen LogP contribution is -2.71. The summed E-state index contributed by atoms with van der Waals surface area (Å²) in [5.74, 6) is -14.1. The number of nitrogens with one attached hydrogen (secondary N) is 1. The van der Waals surface area contributed by atoms with Crippen LogP contribution in [-0.4, -0.2) is 147 Å². The summed E-state index contributed by atoms with van der Waals surface area (Å²) in [5, 5.41) is 132. The standard InChI is InChI=1S/C44H54N2O20/c1-4-17-9-20(15-46-39(17)45)22-12-21(6-5-16(2)3)44(37(56)33(53)32(52)35(66-44)41(59)64-42-34(54)36(55)43(60,61)38(63-42)40(57)58)65-27-14-26-29(31(51)28(22)27)23(48)13-25(62-26)19-10-18(7-8-47)30(50)24(49)11-19/h9-11,13-16,21-22,32-39,42,46-47,49-56,60-61H,4-8,12,45H2,1-3H3,(H,57,58). The van der Waals surface area contributed by atoms with Crippen LogP contribution in [0.1, 0.15) is 63.5 Å². The van der Waals surface area contributed by atoms with Gasteiger partial charge in [0.1, 0.15) is 58.7 Å². The predicted octanol–water partition coefficient (Wildman–Crippen LogP) is -0.928. The van der Waals surface area contributed by atoms with Gasteiger partial charge in [0.25, 0.3) is 0 Å². The molecule has 12 unspecified atom stereocenters. The van der Waals surface area contributed by atoms with Gasteiger partial charge < -0.3 is 95.7 Å². The Morgan fingerprint density at radius 2 is 1.70 bits per heavy atom. The van der Waals surface area contributed by atoms with Crippen LogP contribution in [0.15, 0.2) is 56.9 Å². The molecule has 4 aliphatic rings. The molecule has 0 aliphatic carbocycles. The van der Waals surface area contributed by atoms with Crippen molar-refractivity contribution in [3.05, 3.63) is 69.0 Å². The highest BCUT2D eigenvalue weighted by Crippen LogP contribution is 2.55. The number of nitrogens with two attached hydrogens (primary N) is 1. The van der Waals surface area contributed by atoms with Gasteiger partial charge in [0.05, 0.1) is 6.17 Å². The Morgan fingerprint density at radius 1 is 0.985 bits per heavy atom. The van der Waals surface area contributed by atoms with Gasteiger partial charge in [0.15, 0.2) is 23.0 Å². The van der Waals surface area contributed by atoms with Crippen molar-refractivity contribution in [2.45, 2.75) is 126 Å². The van der Waals surface area contributed by atoms with Crippen molar-refractivity contribution >= 4 is 22.9 Å². The SMILES string of the molecule is CCC1=CC(C2CC(CCC(C)C)C3(Oc4cc5oc(-c6cc(O)c(O)c(CCO)c6)cc(=O)c5c(O)c42)OC(C(=O)OC2OC(C(=O)O)C(O)(O)C(O)C2O)C(O)C(O)C3O)=CNC1N. The number of aliphatic hydroxyl groups is 8. The van der Waals surface area contributed by atoms with Crippen LogP contribution in [-0.2, 0) is 30.2 Å². The van der Waals surface area contributed by atoms with Crippen molar-refractivity contribution in [1.82, 2.24) is 5.32 Å². The number of esters is 1. The molecule has 15 N–H and O–H groups in total. The third-order valence-corrected chi connectivity index (χ3v) is 12.7. The van der Waals surface area contributed by atoms with Crippen LogP contribution < -0.4 is 21.2 Å². The van der Waals surface area contributed by atoms with Crippen LogP contribution in [0.5, 0.6) is 23.0 Å². The Hall–Kier alpha value is -5.37. The lowest BCUT2D eigenvalue weighted by molar-refractivity contribution is -0.377. The number of carboxylic acids is 1. The molecule has 5 heterocycles. The van der Waals surface area contributed by atoms with Crippen LogP contribution >= 0.6 is 0 Å². The molecule has 0 saturated carbocycles. The summed E-state index contributed by atoms with van der Waals surface area (Å²) >= 11 is 0. The van der Waals surface area contributed by atoms with Gasteiger partial charge in [-0.3, -0.25) is 4.79 Å². The summed E-state index contributed by atoms with van der Waals surface area (Å²) in [6, 6.07) is 4.73. The molecule has 7 rings (SSSR count). The quantitative estimate of drug-likeness (QED) is 0.0627. The minimum atomic E-state index is -3.56. The van der Waals surface area contributed by atoms with Crippen molar-refractivity contribution in [3.63, 3.8) is 0 Å². The van der Waals surface area contributed by atoms with Gasteiger partial charge in [-0.05, 0) is 54.9 Å². The van der Waals surface area contributed by atoms with Crippen LogP contribution in [0.3, 0.4) is 0 Å². The Morgan fingerprint density at radius 3 is 2.35 bits per heavy atom. The second kappa shape index (κ2) is 18.4. The number of ether oxygens (including phenoxy) is 4. The number of carboxylic acid groups (broad SMARTS) is 1. The summed E-state index contributed by atoms with van der Waals surface area (Å²) in [6.07, 6.45) is -15.8. The maximum Gasteiger partial charge on any atom is 0.340 e. The van der Waals surface area contributed by atoms with Gasteiger partial charge in [0, 0.05) is 53.5 Å². The monoisotopic (exact) mass is 930 g/mol. The van der Waals surface area contributed by atoms with Crippen LogP contribution in [0, 0.1) is 11.8 Å². The second-order valence-electron chi connectivity index (χ2n) is 17.4. The lowest BCUT2D eigenvalue weighted by Gasteiger charge is -2.51. The molecular formula is C44H54N2O20. The van der Waals surface area contributed by atoms with Crippen LogP contribution in [0.2, 0.25) is 0 Å². The first-order chi connectivity index (χ1) is 31.1. The molecule has 22 heteroatoms. The number of phenols is 3. The van der Waals surface area contributed by atoms with E-state index >= 15 is 0 Å². The van der Waals surface area contributed by atoms with Crippen LogP contribution in [0.25, 0.3) is 22.3 Å². The Balaban J connectivity index is 1.41. The number of rotatable bonds is 11. The fourth-order valence-electron chi connectivity index (χ4n) is 9.07. The minimum Gasteiger partial charge on any atom is -0.507 e. The smallest absolute Gasteiger partial charge is 0.340 e. The number of aromatic hydroxyl groups is 3. The molecule has 360 valence electrons. The van der Waals surface area contributed by atoms with E-state index in [1.807, 2.05) is 20.8 Å². The average Bonchev–Trinajstić information content (AvgIpc) is 3.39.